The molecule has 2 heteroatoms. The molecule has 0 fully saturated rings. The van der Waals surface area contributed by atoms with E-state index in [1.807, 2.05) is 0 Å². The van der Waals surface area contributed by atoms with Crippen LogP contribution in [0.4, 0.5) is 0 Å². The summed E-state index contributed by atoms with van der Waals surface area (Å²) in [6.07, 6.45) is 2.21. The fourth-order valence-corrected chi connectivity index (χ4v) is 1.18. The van der Waals surface area contributed by atoms with Crippen molar-refractivity contribution in [1.82, 2.24) is 0 Å². The summed E-state index contributed by atoms with van der Waals surface area (Å²) >= 11 is 0. The molecule has 2 atom stereocenters. The standard InChI is InChI=1S/C10H21NO/c1-7(2)5-6-8(3)10(11)9(4)12/h7-8,10H,5-6,11H2,1-4H3. The van der Waals surface area contributed by atoms with Gasteiger partial charge < -0.3 is 5.73 Å². The number of hydrogen-bond donors (Lipinski definition) is 1. The van der Waals surface area contributed by atoms with Crippen LogP contribution in [-0.2, 0) is 4.79 Å². The SMILES string of the molecule is CC(=O)C(N)C(C)CCC(C)C. The summed E-state index contributed by atoms with van der Waals surface area (Å²) in [5, 5.41) is 0. The van der Waals surface area contributed by atoms with Gasteiger partial charge in [-0.1, -0.05) is 27.2 Å². The van der Waals surface area contributed by atoms with Crippen LogP contribution in [0.15, 0.2) is 0 Å². The maximum atomic E-state index is 10.9. The van der Waals surface area contributed by atoms with Crippen molar-refractivity contribution in [1.29, 1.82) is 0 Å². The van der Waals surface area contributed by atoms with E-state index >= 15 is 0 Å². The summed E-state index contributed by atoms with van der Waals surface area (Å²) in [6.45, 7) is 7.99. The molecule has 0 radical (unpaired) electrons. The highest BCUT2D eigenvalue weighted by Gasteiger charge is 2.16. The smallest absolute Gasteiger partial charge is 0.146 e. The molecule has 0 aromatic heterocycles. The molecule has 0 aliphatic heterocycles. The van der Waals surface area contributed by atoms with Crippen molar-refractivity contribution in [3.05, 3.63) is 0 Å². The highest BCUT2D eigenvalue weighted by molar-refractivity contribution is 5.81. The molecule has 0 aromatic carbocycles. The van der Waals surface area contributed by atoms with Crippen LogP contribution in [0, 0.1) is 11.8 Å². The zero-order valence-electron chi connectivity index (χ0n) is 8.63. The number of nitrogens with two attached hydrogens (primary N) is 1. The normalized spacial score (nSPS) is 16.2. The summed E-state index contributed by atoms with van der Waals surface area (Å²) < 4.78 is 0. The number of carbonyl (C=O) groups is 1. The highest BCUT2D eigenvalue weighted by Crippen LogP contribution is 2.14. The maximum absolute atomic E-state index is 10.9. The first-order valence-corrected chi connectivity index (χ1v) is 4.71. The Labute approximate surface area is 75.5 Å². The molecule has 72 valence electrons. The van der Waals surface area contributed by atoms with Crippen LogP contribution >= 0.6 is 0 Å². The Kier molecular flexibility index (Phi) is 5.14. The number of hydrogen-bond acceptors (Lipinski definition) is 2. The first-order valence-electron chi connectivity index (χ1n) is 4.71. The third-order valence-electron chi connectivity index (χ3n) is 2.28. The lowest BCUT2D eigenvalue weighted by Gasteiger charge is -2.17. The second kappa shape index (κ2) is 5.31. The fraction of sp³-hybridized carbons (Fsp3) is 0.900. The quantitative estimate of drug-likeness (QED) is 0.687. The van der Waals surface area contributed by atoms with Crippen molar-refractivity contribution in [2.24, 2.45) is 17.6 Å². The molecule has 0 heterocycles. The minimum Gasteiger partial charge on any atom is -0.321 e. The summed E-state index contributed by atoms with van der Waals surface area (Å²) in [7, 11) is 0. The zero-order valence-corrected chi connectivity index (χ0v) is 8.63. The van der Waals surface area contributed by atoms with Gasteiger partial charge >= 0.3 is 0 Å². The molecule has 2 N–H and O–H groups in total. The van der Waals surface area contributed by atoms with Crippen molar-refractivity contribution >= 4 is 5.78 Å². The molecule has 0 aliphatic carbocycles. The fourth-order valence-electron chi connectivity index (χ4n) is 1.18. The third kappa shape index (κ3) is 4.50. The maximum Gasteiger partial charge on any atom is 0.146 e. The summed E-state index contributed by atoms with van der Waals surface area (Å²) in [5.74, 6) is 1.13. The van der Waals surface area contributed by atoms with E-state index in [2.05, 4.69) is 20.8 Å². The Hall–Kier alpha value is -0.370. The highest BCUT2D eigenvalue weighted by atomic mass is 16.1. The van der Waals surface area contributed by atoms with Crippen molar-refractivity contribution in [3.8, 4) is 0 Å². The van der Waals surface area contributed by atoms with E-state index in [1.54, 1.807) is 6.92 Å². The van der Waals surface area contributed by atoms with Crippen LogP contribution in [0.2, 0.25) is 0 Å². The molecule has 0 saturated carbocycles. The van der Waals surface area contributed by atoms with Crippen LogP contribution in [0.5, 0.6) is 0 Å². The van der Waals surface area contributed by atoms with Gasteiger partial charge in [-0.25, -0.2) is 0 Å². The van der Waals surface area contributed by atoms with Crippen LogP contribution in [-0.4, -0.2) is 11.8 Å². The van der Waals surface area contributed by atoms with Crippen molar-refractivity contribution in [3.63, 3.8) is 0 Å². The van der Waals surface area contributed by atoms with E-state index in [4.69, 9.17) is 5.73 Å². The lowest BCUT2D eigenvalue weighted by molar-refractivity contribution is -0.119. The molecule has 0 saturated heterocycles. The molecule has 0 bridgehead atoms. The average Bonchev–Trinajstić information content (AvgIpc) is 1.98. The zero-order chi connectivity index (χ0) is 9.72. The molecule has 2 nitrogen and oxygen atoms in total. The van der Waals surface area contributed by atoms with Gasteiger partial charge in [0.2, 0.25) is 0 Å². The Morgan fingerprint density at radius 1 is 1.25 bits per heavy atom. The first-order chi connectivity index (χ1) is 5.45. The molecule has 0 aromatic rings. The van der Waals surface area contributed by atoms with Gasteiger partial charge in [-0.2, -0.15) is 0 Å². The van der Waals surface area contributed by atoms with Gasteiger partial charge in [0.05, 0.1) is 6.04 Å². The number of ketones is 1. The van der Waals surface area contributed by atoms with E-state index in [0.717, 1.165) is 12.8 Å². The molecule has 0 aliphatic rings. The van der Waals surface area contributed by atoms with Crippen molar-refractivity contribution in [2.45, 2.75) is 46.6 Å². The van der Waals surface area contributed by atoms with E-state index in [9.17, 15) is 4.79 Å². The minimum atomic E-state index is -0.260. The lowest BCUT2D eigenvalue weighted by atomic mass is 9.92. The molecule has 12 heavy (non-hydrogen) atoms. The summed E-state index contributed by atoms with van der Waals surface area (Å²) in [6, 6.07) is -0.260. The largest absolute Gasteiger partial charge is 0.321 e. The predicted molar refractivity (Wildman–Crippen MR) is 51.9 cm³/mol. The van der Waals surface area contributed by atoms with Gasteiger partial charge in [-0.15, -0.1) is 0 Å². The summed E-state index contributed by atoms with van der Waals surface area (Å²) in [5.41, 5.74) is 5.70. The molecule has 2 unspecified atom stereocenters. The van der Waals surface area contributed by atoms with Gasteiger partial charge in [-0.3, -0.25) is 4.79 Å². The third-order valence-corrected chi connectivity index (χ3v) is 2.28. The van der Waals surface area contributed by atoms with Gasteiger partial charge in [0.1, 0.15) is 5.78 Å². The number of Topliss-reactive ketones (excluding diaryl/α,β-unsaturated/α-hetero) is 1. The topological polar surface area (TPSA) is 43.1 Å². The first kappa shape index (κ1) is 11.6. The second-order valence-corrected chi connectivity index (χ2v) is 4.08. The van der Waals surface area contributed by atoms with Gasteiger partial charge in [-0.05, 0) is 25.2 Å². The molecular weight excluding hydrogens is 150 g/mol. The van der Waals surface area contributed by atoms with Gasteiger partial charge in [0.15, 0.2) is 0 Å². The second-order valence-electron chi connectivity index (χ2n) is 4.08. The molecule has 0 amide bonds. The monoisotopic (exact) mass is 171 g/mol. The van der Waals surface area contributed by atoms with E-state index < -0.39 is 0 Å². The summed E-state index contributed by atoms with van der Waals surface area (Å²) in [4.78, 5) is 10.9. The molecular formula is C10H21NO. The minimum absolute atomic E-state index is 0.103. The van der Waals surface area contributed by atoms with Crippen LogP contribution in [0.1, 0.15) is 40.5 Å². The Bertz CT molecular complexity index is 143. The Morgan fingerprint density at radius 2 is 1.75 bits per heavy atom. The Morgan fingerprint density at radius 3 is 2.08 bits per heavy atom. The molecule has 0 rings (SSSR count). The van der Waals surface area contributed by atoms with Crippen molar-refractivity contribution in [2.75, 3.05) is 0 Å². The van der Waals surface area contributed by atoms with Crippen LogP contribution in [0.3, 0.4) is 0 Å². The average molecular weight is 171 g/mol. The molecule has 0 spiro atoms. The van der Waals surface area contributed by atoms with Crippen LogP contribution in [0.25, 0.3) is 0 Å². The van der Waals surface area contributed by atoms with E-state index in [1.165, 1.54) is 0 Å². The lowest BCUT2D eigenvalue weighted by Crippen LogP contribution is -2.35. The van der Waals surface area contributed by atoms with E-state index in [-0.39, 0.29) is 11.8 Å². The number of carbonyl (C=O) groups excluding carboxylic acids is 1. The van der Waals surface area contributed by atoms with Gasteiger partial charge in [0.25, 0.3) is 0 Å². The van der Waals surface area contributed by atoms with Crippen molar-refractivity contribution < 1.29 is 4.79 Å². The predicted octanol–water partition coefficient (Wildman–Crippen LogP) is 1.97. The number of rotatable bonds is 5. The van der Waals surface area contributed by atoms with Gasteiger partial charge in [0, 0.05) is 0 Å². The van der Waals surface area contributed by atoms with E-state index in [0.29, 0.717) is 11.8 Å². The Balaban J connectivity index is 3.71. The van der Waals surface area contributed by atoms with Crippen LogP contribution < -0.4 is 5.73 Å².